The molecular formula is C20H16F4N2O4. The number of carbonyl (C=O) groups is 3. The number of halogens is 4. The van der Waals surface area contributed by atoms with E-state index in [4.69, 9.17) is 4.74 Å². The first-order valence-corrected chi connectivity index (χ1v) is 8.66. The minimum atomic E-state index is -4.63. The van der Waals surface area contributed by atoms with Gasteiger partial charge in [-0.3, -0.25) is 14.5 Å². The molecule has 1 saturated heterocycles. The molecule has 6 nitrogen and oxygen atoms in total. The van der Waals surface area contributed by atoms with Crippen molar-refractivity contribution < 1.29 is 36.7 Å². The molecule has 10 heteroatoms. The number of Topliss-reactive ketones (excluding diaryl/α,β-unsaturated/α-hetero) is 1. The molecule has 1 fully saturated rings. The summed E-state index contributed by atoms with van der Waals surface area (Å²) >= 11 is 0. The number of hydrogen-bond donors (Lipinski definition) is 1. The van der Waals surface area contributed by atoms with Gasteiger partial charge < -0.3 is 10.1 Å². The van der Waals surface area contributed by atoms with Crippen LogP contribution in [0.25, 0.3) is 0 Å². The lowest BCUT2D eigenvalue weighted by atomic mass is 9.90. The SMILES string of the molecule is COc1ccc(C(=O)CN2C(=O)NC(C)(c3cccc(C(F)(F)F)c3)C2=O)cc1F. The lowest BCUT2D eigenvalue weighted by Crippen LogP contribution is -2.41. The van der Waals surface area contributed by atoms with Gasteiger partial charge >= 0.3 is 12.2 Å². The summed E-state index contributed by atoms with van der Waals surface area (Å²) < 4.78 is 57.6. The number of nitrogens with one attached hydrogen (secondary N) is 1. The number of methoxy groups -OCH3 is 1. The van der Waals surface area contributed by atoms with Crippen LogP contribution in [0.1, 0.15) is 28.4 Å². The molecule has 3 rings (SSSR count). The first kappa shape index (κ1) is 21.3. The second kappa shape index (κ2) is 7.43. The number of ketones is 1. The summed E-state index contributed by atoms with van der Waals surface area (Å²) in [4.78, 5) is 38.2. The molecular weight excluding hydrogens is 408 g/mol. The van der Waals surface area contributed by atoms with Crippen molar-refractivity contribution >= 4 is 17.7 Å². The second-order valence-corrected chi connectivity index (χ2v) is 6.80. The molecule has 1 N–H and O–H groups in total. The Balaban J connectivity index is 1.86. The highest BCUT2D eigenvalue weighted by molar-refractivity contribution is 6.11. The van der Waals surface area contributed by atoms with Crippen molar-refractivity contribution in [2.75, 3.05) is 13.7 Å². The molecule has 0 spiro atoms. The highest BCUT2D eigenvalue weighted by Gasteiger charge is 2.50. The van der Waals surface area contributed by atoms with Crippen LogP contribution in [0.4, 0.5) is 22.4 Å². The summed E-state index contributed by atoms with van der Waals surface area (Å²) in [6, 6.07) is 6.47. The number of carbonyl (C=O) groups excluding carboxylic acids is 3. The molecule has 2 aromatic rings. The van der Waals surface area contributed by atoms with Gasteiger partial charge in [0.15, 0.2) is 17.3 Å². The number of imide groups is 1. The molecule has 2 aromatic carbocycles. The van der Waals surface area contributed by atoms with Crippen LogP contribution in [-0.2, 0) is 16.5 Å². The van der Waals surface area contributed by atoms with Crippen LogP contribution in [-0.4, -0.2) is 36.3 Å². The first-order chi connectivity index (χ1) is 14.0. The van der Waals surface area contributed by atoms with Crippen molar-refractivity contribution in [1.82, 2.24) is 10.2 Å². The quantitative estimate of drug-likeness (QED) is 0.453. The van der Waals surface area contributed by atoms with E-state index in [2.05, 4.69) is 5.32 Å². The zero-order valence-corrected chi connectivity index (χ0v) is 15.8. The molecule has 1 heterocycles. The molecule has 0 aliphatic carbocycles. The van der Waals surface area contributed by atoms with Crippen molar-refractivity contribution in [3.63, 3.8) is 0 Å². The van der Waals surface area contributed by atoms with Gasteiger partial charge in [0.25, 0.3) is 5.91 Å². The van der Waals surface area contributed by atoms with E-state index in [9.17, 15) is 31.9 Å². The average Bonchev–Trinajstić information content (AvgIpc) is 2.91. The molecule has 0 saturated carbocycles. The van der Waals surface area contributed by atoms with E-state index in [-0.39, 0.29) is 16.9 Å². The molecule has 1 unspecified atom stereocenters. The Morgan fingerprint density at radius 1 is 1.17 bits per heavy atom. The van der Waals surface area contributed by atoms with Gasteiger partial charge in [-0.05, 0) is 42.8 Å². The minimum Gasteiger partial charge on any atom is -0.494 e. The van der Waals surface area contributed by atoms with Gasteiger partial charge in [-0.1, -0.05) is 12.1 Å². The summed E-state index contributed by atoms with van der Waals surface area (Å²) in [5, 5.41) is 2.34. The second-order valence-electron chi connectivity index (χ2n) is 6.80. The highest BCUT2D eigenvalue weighted by atomic mass is 19.4. The number of amides is 3. The zero-order valence-electron chi connectivity index (χ0n) is 15.8. The maximum atomic E-state index is 13.8. The summed E-state index contributed by atoms with van der Waals surface area (Å²) in [7, 11) is 1.25. The molecule has 0 bridgehead atoms. The summed E-state index contributed by atoms with van der Waals surface area (Å²) in [6.45, 7) is 0.547. The Hall–Kier alpha value is -3.43. The number of ether oxygens (including phenoxy) is 1. The monoisotopic (exact) mass is 424 g/mol. The Morgan fingerprint density at radius 3 is 2.47 bits per heavy atom. The van der Waals surface area contributed by atoms with E-state index in [1.165, 1.54) is 32.2 Å². The van der Waals surface area contributed by atoms with E-state index < -0.39 is 47.4 Å². The third kappa shape index (κ3) is 3.72. The predicted molar refractivity (Wildman–Crippen MR) is 96.3 cm³/mol. The number of rotatable bonds is 5. The van der Waals surface area contributed by atoms with Crippen LogP contribution < -0.4 is 10.1 Å². The molecule has 1 atom stereocenters. The number of urea groups is 1. The third-order valence-electron chi connectivity index (χ3n) is 4.82. The number of nitrogens with zero attached hydrogens (tertiary/aromatic N) is 1. The fraction of sp³-hybridized carbons (Fsp3) is 0.250. The van der Waals surface area contributed by atoms with E-state index in [0.717, 1.165) is 24.3 Å². The minimum absolute atomic E-state index is 0.0823. The predicted octanol–water partition coefficient (Wildman–Crippen LogP) is 3.50. The van der Waals surface area contributed by atoms with Crippen LogP contribution in [0.15, 0.2) is 42.5 Å². The summed E-state index contributed by atoms with van der Waals surface area (Å²) in [5.41, 5.74) is -2.95. The molecule has 30 heavy (non-hydrogen) atoms. The van der Waals surface area contributed by atoms with Gasteiger partial charge in [-0.15, -0.1) is 0 Å². The normalized spacial score (nSPS) is 19.1. The number of benzene rings is 2. The van der Waals surface area contributed by atoms with Crippen LogP contribution in [0.2, 0.25) is 0 Å². The Labute approximate surface area is 168 Å². The smallest absolute Gasteiger partial charge is 0.416 e. The van der Waals surface area contributed by atoms with E-state index in [0.29, 0.717) is 4.90 Å². The van der Waals surface area contributed by atoms with Gasteiger partial charge in [0.05, 0.1) is 19.2 Å². The van der Waals surface area contributed by atoms with Gasteiger partial charge in [0.2, 0.25) is 0 Å². The molecule has 1 aliphatic rings. The van der Waals surface area contributed by atoms with Gasteiger partial charge in [-0.25, -0.2) is 9.18 Å². The van der Waals surface area contributed by atoms with Crippen molar-refractivity contribution in [1.29, 1.82) is 0 Å². The summed E-state index contributed by atoms with van der Waals surface area (Å²) in [6.07, 6.45) is -4.63. The average molecular weight is 424 g/mol. The molecule has 0 radical (unpaired) electrons. The molecule has 3 amide bonds. The first-order valence-electron chi connectivity index (χ1n) is 8.66. The number of hydrogen-bond acceptors (Lipinski definition) is 4. The molecule has 0 aromatic heterocycles. The van der Waals surface area contributed by atoms with Gasteiger partial charge in [0.1, 0.15) is 5.54 Å². The lowest BCUT2D eigenvalue weighted by Gasteiger charge is -2.23. The fourth-order valence-electron chi connectivity index (χ4n) is 3.12. The van der Waals surface area contributed by atoms with Crippen molar-refractivity contribution in [2.24, 2.45) is 0 Å². The topological polar surface area (TPSA) is 75.7 Å². The van der Waals surface area contributed by atoms with Crippen molar-refractivity contribution in [3.8, 4) is 5.75 Å². The Kier molecular flexibility index (Phi) is 5.27. The van der Waals surface area contributed by atoms with E-state index in [1.807, 2.05) is 0 Å². The Bertz CT molecular complexity index is 1040. The maximum absolute atomic E-state index is 13.8. The van der Waals surface area contributed by atoms with Crippen LogP contribution in [0, 0.1) is 5.82 Å². The van der Waals surface area contributed by atoms with Crippen LogP contribution >= 0.6 is 0 Å². The molecule has 158 valence electrons. The lowest BCUT2D eigenvalue weighted by molar-refractivity contribution is -0.138. The largest absolute Gasteiger partial charge is 0.494 e. The van der Waals surface area contributed by atoms with E-state index in [1.54, 1.807) is 0 Å². The van der Waals surface area contributed by atoms with Crippen molar-refractivity contribution in [3.05, 3.63) is 65.0 Å². The maximum Gasteiger partial charge on any atom is 0.416 e. The van der Waals surface area contributed by atoms with Crippen LogP contribution in [0.3, 0.4) is 0 Å². The van der Waals surface area contributed by atoms with Gasteiger partial charge in [-0.2, -0.15) is 13.2 Å². The summed E-state index contributed by atoms with van der Waals surface area (Å²) in [5.74, 6) is -2.50. The fourth-order valence-corrected chi connectivity index (χ4v) is 3.12. The van der Waals surface area contributed by atoms with Crippen molar-refractivity contribution in [2.45, 2.75) is 18.6 Å². The van der Waals surface area contributed by atoms with Crippen LogP contribution in [0.5, 0.6) is 5.75 Å². The zero-order chi connectivity index (χ0) is 22.3. The standard InChI is InChI=1S/C20H16F4N2O4/c1-19(12-4-3-5-13(9-12)20(22,23)24)17(28)26(18(29)25-19)10-15(27)11-6-7-16(30-2)14(21)8-11/h3-9H,10H2,1-2H3,(H,25,29). The van der Waals surface area contributed by atoms with E-state index >= 15 is 0 Å². The Morgan fingerprint density at radius 2 is 1.87 bits per heavy atom. The van der Waals surface area contributed by atoms with Gasteiger partial charge in [0, 0.05) is 5.56 Å². The highest BCUT2D eigenvalue weighted by Crippen LogP contribution is 2.34. The number of alkyl halides is 3. The third-order valence-corrected chi connectivity index (χ3v) is 4.82. The molecule has 1 aliphatic heterocycles.